The topological polar surface area (TPSA) is 35.5 Å². The van der Waals surface area contributed by atoms with E-state index in [0.717, 1.165) is 6.04 Å². The van der Waals surface area contributed by atoms with Crippen molar-refractivity contribution < 1.29 is 14.3 Å². The first kappa shape index (κ1) is 21.4. The van der Waals surface area contributed by atoms with Crippen LogP contribution in [0, 0.1) is 0 Å². The molecule has 1 aliphatic heterocycles. The Kier molecular flexibility index (Phi) is 6.32. The molecule has 0 fully saturated rings. The molecule has 1 heterocycles. The third-order valence-corrected chi connectivity index (χ3v) is 12.3. The molecular formula is C25H32O3Si. The van der Waals surface area contributed by atoms with E-state index in [9.17, 15) is 4.79 Å². The molecule has 1 unspecified atom stereocenters. The standard InChI is InChI=1S/C25H32O3Si/c1-6-27-24(26)23-17-20(28-19(23)2)18-29(25(3,4)5,21-13-9-7-10-14-21)22-15-11-8-12-16-22/h7-16,20H,6,17-18H2,1-5H3. The van der Waals surface area contributed by atoms with E-state index >= 15 is 0 Å². The number of rotatable bonds is 6. The van der Waals surface area contributed by atoms with Crippen LogP contribution in [0.1, 0.15) is 41.0 Å². The molecule has 154 valence electrons. The molecule has 0 saturated carbocycles. The zero-order valence-corrected chi connectivity index (χ0v) is 19.2. The van der Waals surface area contributed by atoms with Crippen LogP contribution in [0.25, 0.3) is 0 Å². The smallest absolute Gasteiger partial charge is 0.337 e. The molecule has 3 rings (SSSR count). The summed E-state index contributed by atoms with van der Waals surface area (Å²) in [6.07, 6.45) is 0.607. The predicted octanol–water partition coefficient (Wildman–Crippen LogP) is 4.68. The van der Waals surface area contributed by atoms with Gasteiger partial charge in [0.1, 0.15) is 19.9 Å². The normalized spacial score (nSPS) is 17.2. The Morgan fingerprint density at radius 1 is 1.03 bits per heavy atom. The van der Waals surface area contributed by atoms with Gasteiger partial charge < -0.3 is 9.47 Å². The molecule has 29 heavy (non-hydrogen) atoms. The van der Waals surface area contributed by atoms with Crippen molar-refractivity contribution in [3.05, 3.63) is 72.0 Å². The molecule has 0 N–H and O–H groups in total. The van der Waals surface area contributed by atoms with E-state index in [1.807, 2.05) is 13.8 Å². The van der Waals surface area contributed by atoms with E-state index in [0.29, 0.717) is 24.4 Å². The largest absolute Gasteiger partial charge is 0.494 e. The van der Waals surface area contributed by atoms with Gasteiger partial charge in [-0.05, 0) is 24.9 Å². The highest BCUT2D eigenvalue weighted by Crippen LogP contribution is 2.42. The minimum atomic E-state index is -2.23. The molecular weight excluding hydrogens is 376 g/mol. The lowest BCUT2D eigenvalue weighted by Crippen LogP contribution is -2.65. The Labute approximate surface area is 175 Å². The summed E-state index contributed by atoms with van der Waals surface area (Å²) in [5.74, 6) is 0.473. The Hall–Kier alpha value is -2.33. The van der Waals surface area contributed by atoms with Gasteiger partial charge in [0.05, 0.1) is 12.2 Å². The van der Waals surface area contributed by atoms with Crippen molar-refractivity contribution in [2.75, 3.05) is 6.61 Å². The molecule has 0 radical (unpaired) electrons. The van der Waals surface area contributed by atoms with Gasteiger partial charge in [-0.2, -0.15) is 0 Å². The molecule has 2 aromatic carbocycles. The molecule has 1 atom stereocenters. The number of benzene rings is 2. The molecule has 4 heteroatoms. The van der Waals surface area contributed by atoms with E-state index in [4.69, 9.17) is 9.47 Å². The van der Waals surface area contributed by atoms with E-state index in [1.54, 1.807) is 0 Å². The summed E-state index contributed by atoms with van der Waals surface area (Å²) in [5.41, 5.74) is 0.690. The van der Waals surface area contributed by atoms with Gasteiger partial charge in [-0.1, -0.05) is 91.8 Å². The van der Waals surface area contributed by atoms with Gasteiger partial charge in [-0.3, -0.25) is 0 Å². The molecule has 2 aromatic rings. The Balaban J connectivity index is 2.03. The van der Waals surface area contributed by atoms with Crippen LogP contribution < -0.4 is 10.4 Å². The second-order valence-corrected chi connectivity index (χ2v) is 13.7. The molecule has 0 spiro atoms. The van der Waals surface area contributed by atoms with Gasteiger partial charge in [-0.15, -0.1) is 0 Å². The van der Waals surface area contributed by atoms with Crippen LogP contribution in [0.5, 0.6) is 0 Å². The van der Waals surface area contributed by atoms with Crippen molar-refractivity contribution in [1.82, 2.24) is 0 Å². The fraction of sp³-hybridized carbons (Fsp3) is 0.400. The molecule has 0 aromatic heterocycles. The Bertz CT molecular complexity index is 826. The number of hydrogen-bond acceptors (Lipinski definition) is 3. The first-order valence-corrected chi connectivity index (χ1v) is 12.6. The molecule has 1 aliphatic rings. The lowest BCUT2D eigenvalue weighted by atomic mass is 10.1. The highest BCUT2D eigenvalue weighted by molar-refractivity contribution is 7.04. The molecule has 0 aliphatic carbocycles. The van der Waals surface area contributed by atoms with Gasteiger partial charge >= 0.3 is 5.97 Å². The number of allylic oxidation sites excluding steroid dienone is 1. The van der Waals surface area contributed by atoms with Crippen molar-refractivity contribution in [2.45, 2.75) is 58.2 Å². The fourth-order valence-corrected chi connectivity index (χ4v) is 10.2. The summed E-state index contributed by atoms with van der Waals surface area (Å²) in [5, 5.41) is 2.88. The zero-order valence-electron chi connectivity index (χ0n) is 18.2. The van der Waals surface area contributed by atoms with E-state index in [1.165, 1.54) is 10.4 Å². The average Bonchev–Trinajstić information content (AvgIpc) is 3.07. The minimum Gasteiger partial charge on any atom is -0.494 e. The maximum absolute atomic E-state index is 12.4. The van der Waals surface area contributed by atoms with Crippen LogP contribution in [-0.4, -0.2) is 26.8 Å². The summed E-state index contributed by atoms with van der Waals surface area (Å²) in [6.45, 7) is 11.2. The number of hydrogen-bond donors (Lipinski definition) is 0. The molecule has 0 bridgehead atoms. The van der Waals surface area contributed by atoms with Crippen LogP contribution in [0.15, 0.2) is 72.0 Å². The van der Waals surface area contributed by atoms with Gasteiger partial charge in [0.15, 0.2) is 0 Å². The van der Waals surface area contributed by atoms with Gasteiger partial charge in [0, 0.05) is 6.42 Å². The first-order chi connectivity index (χ1) is 13.8. The number of carbonyl (C=O) groups excluding carboxylic acids is 1. The Morgan fingerprint density at radius 2 is 1.55 bits per heavy atom. The van der Waals surface area contributed by atoms with Gasteiger partial charge in [-0.25, -0.2) is 4.79 Å². The number of esters is 1. The maximum Gasteiger partial charge on any atom is 0.337 e. The SMILES string of the molecule is CCOC(=O)C1=C(C)OC(C[Si](c2ccccc2)(c2ccccc2)C(C)(C)C)C1. The highest BCUT2D eigenvalue weighted by Gasteiger charge is 2.50. The van der Waals surface area contributed by atoms with Crippen molar-refractivity contribution in [3.8, 4) is 0 Å². The third-order valence-electron chi connectivity index (χ3n) is 6.07. The monoisotopic (exact) mass is 408 g/mol. The van der Waals surface area contributed by atoms with Crippen LogP contribution in [0.3, 0.4) is 0 Å². The zero-order chi connectivity index (χ0) is 21.1. The van der Waals surface area contributed by atoms with Crippen LogP contribution in [-0.2, 0) is 14.3 Å². The number of ether oxygens (including phenoxy) is 2. The minimum absolute atomic E-state index is 0.0132. The predicted molar refractivity (Wildman–Crippen MR) is 121 cm³/mol. The molecule has 0 saturated heterocycles. The summed E-state index contributed by atoms with van der Waals surface area (Å²) >= 11 is 0. The highest BCUT2D eigenvalue weighted by atomic mass is 28.3. The average molecular weight is 409 g/mol. The van der Waals surface area contributed by atoms with Crippen molar-refractivity contribution >= 4 is 24.4 Å². The van der Waals surface area contributed by atoms with Crippen molar-refractivity contribution in [3.63, 3.8) is 0 Å². The Morgan fingerprint density at radius 3 is 2.00 bits per heavy atom. The van der Waals surface area contributed by atoms with Crippen molar-refractivity contribution in [1.29, 1.82) is 0 Å². The van der Waals surface area contributed by atoms with E-state index in [-0.39, 0.29) is 17.1 Å². The maximum atomic E-state index is 12.4. The van der Waals surface area contributed by atoms with E-state index < -0.39 is 8.07 Å². The van der Waals surface area contributed by atoms with Crippen molar-refractivity contribution in [2.24, 2.45) is 0 Å². The molecule has 3 nitrogen and oxygen atoms in total. The summed E-state index contributed by atoms with van der Waals surface area (Å²) in [6, 6.07) is 22.7. The van der Waals surface area contributed by atoms with Gasteiger partial charge in [0.2, 0.25) is 0 Å². The lowest BCUT2D eigenvalue weighted by Gasteiger charge is -2.45. The second kappa shape index (κ2) is 8.58. The van der Waals surface area contributed by atoms with Gasteiger partial charge in [0.25, 0.3) is 0 Å². The summed E-state index contributed by atoms with van der Waals surface area (Å²) in [7, 11) is -2.23. The second-order valence-electron chi connectivity index (χ2n) is 8.79. The fourth-order valence-electron chi connectivity index (χ4n) is 4.65. The first-order valence-electron chi connectivity index (χ1n) is 10.4. The van der Waals surface area contributed by atoms with E-state index in [2.05, 4.69) is 81.4 Å². The lowest BCUT2D eigenvalue weighted by molar-refractivity contribution is -0.138. The summed E-state index contributed by atoms with van der Waals surface area (Å²) < 4.78 is 11.5. The quantitative estimate of drug-likeness (QED) is 0.514. The third kappa shape index (κ3) is 4.18. The molecule has 0 amide bonds. The number of carbonyl (C=O) groups is 1. The van der Waals surface area contributed by atoms with Crippen LogP contribution in [0.4, 0.5) is 0 Å². The van der Waals surface area contributed by atoms with Crippen LogP contribution in [0.2, 0.25) is 11.1 Å². The van der Waals surface area contributed by atoms with Crippen LogP contribution >= 0.6 is 0 Å². The summed E-state index contributed by atoms with van der Waals surface area (Å²) in [4.78, 5) is 12.4.